The van der Waals surface area contributed by atoms with Crippen molar-refractivity contribution in [3.05, 3.63) is 101 Å². The van der Waals surface area contributed by atoms with Crippen molar-refractivity contribution in [1.82, 2.24) is 20.1 Å². The molecule has 7 heteroatoms. The number of aryl methyl sites for hydroxylation is 2. The van der Waals surface area contributed by atoms with Crippen LogP contribution in [-0.4, -0.2) is 27.8 Å². The number of amides is 1. The first-order chi connectivity index (χ1) is 16.5. The lowest BCUT2D eigenvalue weighted by atomic mass is 10.1. The Bertz CT molecular complexity index is 1280. The summed E-state index contributed by atoms with van der Waals surface area (Å²) in [6, 6.07) is 23.4. The number of carbonyl (C=O) groups is 1. The molecule has 6 nitrogen and oxygen atoms in total. The van der Waals surface area contributed by atoms with Gasteiger partial charge in [-0.25, -0.2) is 0 Å². The molecule has 1 unspecified atom stereocenters. The number of hydrogen-bond donors (Lipinski definition) is 1. The number of hydrogen-bond acceptors (Lipinski definition) is 5. The minimum absolute atomic E-state index is 0.225. The van der Waals surface area contributed by atoms with Crippen molar-refractivity contribution in [1.29, 1.82) is 0 Å². The van der Waals surface area contributed by atoms with E-state index >= 15 is 0 Å². The number of thioether (sulfide) groups is 1. The van der Waals surface area contributed by atoms with E-state index in [2.05, 4.69) is 71.8 Å². The number of para-hydroxylation sites is 1. The molecule has 0 saturated heterocycles. The fraction of sp³-hybridized carbons (Fsp3) is 0.222. The second-order valence-electron chi connectivity index (χ2n) is 8.12. The van der Waals surface area contributed by atoms with Gasteiger partial charge in [0.1, 0.15) is 5.75 Å². The second-order valence-corrected chi connectivity index (χ2v) is 9.06. The van der Waals surface area contributed by atoms with Crippen molar-refractivity contribution >= 4 is 17.7 Å². The van der Waals surface area contributed by atoms with Crippen LogP contribution in [-0.2, 0) is 5.75 Å². The Kier molecular flexibility index (Phi) is 7.33. The van der Waals surface area contributed by atoms with Gasteiger partial charge < -0.3 is 10.1 Å². The molecule has 0 radical (unpaired) electrons. The highest BCUT2D eigenvalue weighted by Gasteiger charge is 2.22. The minimum atomic E-state index is -0.376. The lowest BCUT2D eigenvalue weighted by Crippen LogP contribution is -2.29. The summed E-state index contributed by atoms with van der Waals surface area (Å²) in [5, 5.41) is 12.8. The predicted molar refractivity (Wildman–Crippen MR) is 136 cm³/mol. The Balaban J connectivity index is 1.64. The average molecular weight is 473 g/mol. The molecule has 0 aliphatic rings. The van der Waals surface area contributed by atoms with Gasteiger partial charge in [-0.3, -0.25) is 9.36 Å². The molecule has 1 N–H and O–H groups in total. The highest BCUT2D eigenvalue weighted by molar-refractivity contribution is 7.98. The van der Waals surface area contributed by atoms with Crippen LogP contribution in [0.4, 0.5) is 0 Å². The zero-order chi connectivity index (χ0) is 24.1. The van der Waals surface area contributed by atoms with Crippen LogP contribution in [0.2, 0.25) is 0 Å². The van der Waals surface area contributed by atoms with Gasteiger partial charge in [-0.1, -0.05) is 65.9 Å². The van der Waals surface area contributed by atoms with Crippen LogP contribution in [0.3, 0.4) is 0 Å². The van der Waals surface area contributed by atoms with Crippen molar-refractivity contribution in [2.24, 2.45) is 0 Å². The van der Waals surface area contributed by atoms with Gasteiger partial charge in [-0.05, 0) is 56.2 Å². The van der Waals surface area contributed by atoms with Crippen LogP contribution in [0.15, 0.2) is 78.0 Å². The van der Waals surface area contributed by atoms with Crippen molar-refractivity contribution in [2.45, 2.75) is 37.7 Å². The number of benzene rings is 3. The highest BCUT2D eigenvalue weighted by atomic mass is 32.2. The number of carbonyl (C=O) groups excluding carboxylic acids is 1. The maximum Gasteiger partial charge on any atom is 0.255 e. The molecule has 1 heterocycles. The zero-order valence-electron chi connectivity index (χ0n) is 19.8. The maximum atomic E-state index is 13.0. The highest BCUT2D eigenvalue weighted by Crippen LogP contribution is 2.29. The fourth-order valence-electron chi connectivity index (χ4n) is 3.68. The molecule has 1 amide bonds. The van der Waals surface area contributed by atoms with Gasteiger partial charge >= 0.3 is 0 Å². The molecular formula is C27H28N4O2S. The number of aromatic nitrogens is 3. The summed E-state index contributed by atoms with van der Waals surface area (Å²) in [5.74, 6) is 1.75. The number of methoxy groups -OCH3 is 1. The third-order valence-electron chi connectivity index (χ3n) is 5.66. The molecule has 0 fully saturated rings. The quantitative estimate of drug-likeness (QED) is 0.334. The fourth-order valence-corrected chi connectivity index (χ4v) is 4.71. The van der Waals surface area contributed by atoms with Crippen molar-refractivity contribution in [3.63, 3.8) is 0 Å². The Morgan fingerprint density at radius 1 is 1.00 bits per heavy atom. The molecule has 34 heavy (non-hydrogen) atoms. The van der Waals surface area contributed by atoms with Crippen LogP contribution >= 0.6 is 11.8 Å². The number of rotatable bonds is 8. The Hall–Kier alpha value is -3.58. The summed E-state index contributed by atoms with van der Waals surface area (Å²) in [5.41, 5.74) is 5.10. The van der Waals surface area contributed by atoms with Gasteiger partial charge in [0.15, 0.2) is 11.0 Å². The number of nitrogens with zero attached hydrogens (tertiary/aromatic N) is 3. The monoisotopic (exact) mass is 472 g/mol. The SMILES string of the molecule is COc1ccccc1C(=O)NC(C)c1nnc(SCc2ccccc2C)n1-c1ccc(C)cc1. The molecule has 0 aliphatic heterocycles. The molecule has 0 bridgehead atoms. The summed E-state index contributed by atoms with van der Waals surface area (Å²) in [7, 11) is 1.56. The standard InChI is InChI=1S/C27H28N4O2S/c1-18-13-15-22(16-14-18)31-25(20(3)28-26(32)23-11-7-8-12-24(23)33-4)29-30-27(31)34-17-21-10-6-5-9-19(21)2/h5-16,20H,17H2,1-4H3,(H,28,32). The Morgan fingerprint density at radius 2 is 1.71 bits per heavy atom. The van der Waals surface area contributed by atoms with Crippen LogP contribution in [0.1, 0.15) is 45.8 Å². The van der Waals surface area contributed by atoms with Gasteiger partial charge in [0.25, 0.3) is 5.91 Å². The van der Waals surface area contributed by atoms with E-state index in [0.29, 0.717) is 17.1 Å². The van der Waals surface area contributed by atoms with Crippen molar-refractivity contribution < 1.29 is 9.53 Å². The van der Waals surface area contributed by atoms with E-state index in [1.807, 2.05) is 29.7 Å². The summed E-state index contributed by atoms with van der Waals surface area (Å²) >= 11 is 1.63. The van der Waals surface area contributed by atoms with Crippen molar-refractivity contribution in [2.75, 3.05) is 7.11 Å². The van der Waals surface area contributed by atoms with Crippen LogP contribution in [0, 0.1) is 13.8 Å². The maximum absolute atomic E-state index is 13.0. The summed E-state index contributed by atoms with van der Waals surface area (Å²) < 4.78 is 7.37. The Labute approximate surface area is 204 Å². The second kappa shape index (κ2) is 10.6. The zero-order valence-corrected chi connectivity index (χ0v) is 20.6. The summed E-state index contributed by atoms with van der Waals surface area (Å²) in [6.07, 6.45) is 0. The van der Waals surface area contributed by atoms with E-state index in [1.54, 1.807) is 31.0 Å². The smallest absolute Gasteiger partial charge is 0.255 e. The third-order valence-corrected chi connectivity index (χ3v) is 6.63. The predicted octanol–water partition coefficient (Wildman–Crippen LogP) is 5.68. The average Bonchev–Trinajstić information content (AvgIpc) is 3.28. The van der Waals surface area contributed by atoms with Gasteiger partial charge in [0, 0.05) is 11.4 Å². The van der Waals surface area contributed by atoms with E-state index in [4.69, 9.17) is 4.74 Å². The van der Waals surface area contributed by atoms with Crippen molar-refractivity contribution in [3.8, 4) is 11.4 Å². The van der Waals surface area contributed by atoms with E-state index in [-0.39, 0.29) is 11.9 Å². The summed E-state index contributed by atoms with van der Waals surface area (Å²) in [6.45, 7) is 6.08. The molecular weight excluding hydrogens is 444 g/mol. The lowest BCUT2D eigenvalue weighted by Gasteiger charge is -2.17. The number of ether oxygens (including phenoxy) is 1. The lowest BCUT2D eigenvalue weighted by molar-refractivity contribution is 0.0935. The van der Waals surface area contributed by atoms with E-state index < -0.39 is 0 Å². The third kappa shape index (κ3) is 5.15. The first-order valence-electron chi connectivity index (χ1n) is 11.1. The molecule has 0 spiro atoms. The topological polar surface area (TPSA) is 69.0 Å². The first-order valence-corrected chi connectivity index (χ1v) is 12.1. The normalized spacial score (nSPS) is 11.8. The van der Waals surface area contributed by atoms with Gasteiger partial charge in [0.2, 0.25) is 0 Å². The molecule has 3 aromatic carbocycles. The Morgan fingerprint density at radius 3 is 2.44 bits per heavy atom. The van der Waals surface area contributed by atoms with Gasteiger partial charge in [-0.2, -0.15) is 0 Å². The largest absolute Gasteiger partial charge is 0.496 e. The minimum Gasteiger partial charge on any atom is -0.496 e. The molecule has 174 valence electrons. The van der Waals surface area contributed by atoms with Crippen LogP contribution in [0.25, 0.3) is 5.69 Å². The molecule has 4 aromatic rings. The van der Waals surface area contributed by atoms with E-state index in [9.17, 15) is 4.79 Å². The van der Waals surface area contributed by atoms with E-state index in [0.717, 1.165) is 16.6 Å². The van der Waals surface area contributed by atoms with Crippen LogP contribution < -0.4 is 10.1 Å². The molecule has 4 rings (SSSR count). The van der Waals surface area contributed by atoms with Crippen LogP contribution in [0.5, 0.6) is 5.75 Å². The molecule has 1 aromatic heterocycles. The molecule has 0 saturated carbocycles. The van der Waals surface area contributed by atoms with Gasteiger partial charge in [-0.15, -0.1) is 10.2 Å². The first kappa shape index (κ1) is 23.6. The van der Waals surface area contributed by atoms with Gasteiger partial charge in [0.05, 0.1) is 18.7 Å². The number of nitrogens with one attached hydrogen (secondary N) is 1. The molecule has 0 aliphatic carbocycles. The summed E-state index contributed by atoms with van der Waals surface area (Å²) in [4.78, 5) is 13.0. The van der Waals surface area contributed by atoms with E-state index in [1.165, 1.54) is 16.7 Å². The molecule has 1 atom stereocenters.